The van der Waals surface area contributed by atoms with Crippen LogP contribution >= 0.6 is 11.6 Å². The minimum Gasteiger partial charge on any atom is -0.468 e. The Labute approximate surface area is 146 Å². The molecule has 9 nitrogen and oxygen atoms in total. The third-order valence-electron chi connectivity index (χ3n) is 3.21. The molecular weight excluding hydrogens is 340 g/mol. The van der Waals surface area contributed by atoms with Gasteiger partial charge in [0.05, 0.1) is 7.11 Å². The maximum Gasteiger partial charge on any atom is 0.422 e. The molecule has 0 aromatic heterocycles. The second kappa shape index (κ2) is 9.05. The first kappa shape index (κ1) is 20.5. The lowest BCUT2D eigenvalue weighted by Gasteiger charge is -2.39. The van der Waals surface area contributed by atoms with Crippen LogP contribution in [0.3, 0.4) is 0 Å². The summed E-state index contributed by atoms with van der Waals surface area (Å²) in [6.45, 7) is 5.78. The van der Waals surface area contributed by atoms with Gasteiger partial charge in [-0.25, -0.2) is 15.2 Å². The Morgan fingerprint density at radius 1 is 1.33 bits per heavy atom. The molecule has 1 fully saturated rings. The van der Waals surface area contributed by atoms with Gasteiger partial charge in [0.15, 0.2) is 0 Å². The molecule has 1 rings (SSSR count). The van der Waals surface area contributed by atoms with E-state index in [1.807, 2.05) is 0 Å². The van der Waals surface area contributed by atoms with E-state index in [0.717, 1.165) is 0 Å². The van der Waals surface area contributed by atoms with Gasteiger partial charge in [-0.1, -0.05) is 0 Å². The number of amides is 2. The van der Waals surface area contributed by atoms with E-state index >= 15 is 0 Å². The van der Waals surface area contributed by atoms with Gasteiger partial charge in [0.2, 0.25) is 0 Å². The van der Waals surface area contributed by atoms with Crippen molar-refractivity contribution in [1.29, 1.82) is 0 Å². The first-order chi connectivity index (χ1) is 11.2. The van der Waals surface area contributed by atoms with Crippen molar-refractivity contribution < 1.29 is 23.9 Å². The van der Waals surface area contributed by atoms with Crippen molar-refractivity contribution in [2.24, 2.45) is 0 Å². The summed E-state index contributed by atoms with van der Waals surface area (Å²) in [5.74, 6) is -0.660. The number of halogens is 1. The minimum atomic E-state index is -0.733. The van der Waals surface area contributed by atoms with E-state index in [9.17, 15) is 14.4 Å². The average Bonchev–Trinajstić information content (AvgIpc) is 2.45. The van der Waals surface area contributed by atoms with Crippen LogP contribution in [0, 0.1) is 0 Å². The Hall–Kier alpha value is -1.58. The topological polar surface area (TPSA) is 109 Å². The Kier molecular flexibility index (Phi) is 7.71. The lowest BCUT2D eigenvalue weighted by Crippen LogP contribution is -2.65. The van der Waals surface area contributed by atoms with Gasteiger partial charge >= 0.3 is 12.1 Å². The van der Waals surface area contributed by atoms with Gasteiger partial charge in [-0.3, -0.25) is 20.4 Å². The number of carbonyl (C=O) groups excluding carboxylic acids is 3. The number of alkyl halides is 1. The highest BCUT2D eigenvalue weighted by Crippen LogP contribution is 2.15. The molecule has 0 saturated carbocycles. The van der Waals surface area contributed by atoms with Crippen LogP contribution in [0.1, 0.15) is 33.6 Å². The molecule has 2 amide bonds. The summed E-state index contributed by atoms with van der Waals surface area (Å²) in [4.78, 5) is 35.4. The number of methoxy groups -OCH3 is 1. The monoisotopic (exact) mass is 364 g/mol. The molecule has 1 aliphatic rings. The highest BCUT2D eigenvalue weighted by atomic mass is 35.5. The molecule has 0 radical (unpaired) electrons. The van der Waals surface area contributed by atoms with Crippen LogP contribution in [0.2, 0.25) is 0 Å². The molecule has 138 valence electrons. The van der Waals surface area contributed by atoms with Gasteiger partial charge in [0.25, 0.3) is 5.91 Å². The Morgan fingerprint density at radius 3 is 2.46 bits per heavy atom. The quantitative estimate of drug-likeness (QED) is 0.338. The summed E-state index contributed by atoms with van der Waals surface area (Å²) < 4.78 is 9.76. The number of esters is 1. The number of carbonyl (C=O) groups is 3. The number of nitrogens with one attached hydrogen (secondary N) is 3. The zero-order valence-corrected chi connectivity index (χ0v) is 15.1. The predicted molar refractivity (Wildman–Crippen MR) is 86.9 cm³/mol. The molecule has 0 unspecified atom stereocenters. The largest absolute Gasteiger partial charge is 0.468 e. The van der Waals surface area contributed by atoms with Crippen LogP contribution in [0.25, 0.3) is 0 Å². The van der Waals surface area contributed by atoms with Crippen LogP contribution in [0.4, 0.5) is 4.79 Å². The lowest BCUT2D eigenvalue weighted by atomic mass is 10.1. The smallest absolute Gasteiger partial charge is 0.422 e. The molecule has 0 bridgehead atoms. The van der Waals surface area contributed by atoms with Crippen LogP contribution in [-0.4, -0.2) is 60.2 Å². The van der Waals surface area contributed by atoms with E-state index in [-0.39, 0.29) is 11.8 Å². The number of ether oxygens (including phenoxy) is 2. The van der Waals surface area contributed by atoms with Gasteiger partial charge < -0.3 is 9.47 Å². The van der Waals surface area contributed by atoms with Crippen LogP contribution in [0.15, 0.2) is 0 Å². The second-order valence-corrected chi connectivity index (χ2v) is 6.68. The number of hydrogen-bond donors (Lipinski definition) is 3. The molecule has 1 aliphatic heterocycles. The average molecular weight is 365 g/mol. The molecule has 24 heavy (non-hydrogen) atoms. The van der Waals surface area contributed by atoms with E-state index in [1.165, 1.54) is 12.1 Å². The summed E-state index contributed by atoms with van der Waals surface area (Å²) in [6.07, 6.45) is 0.253. The SMILES string of the molecule is COC(=O)[C@@H](CCCl)NNC(=O)[C@H]1CCN1NC(=O)OC(C)(C)C. The zero-order chi connectivity index (χ0) is 18.3. The molecule has 2 atom stereocenters. The number of rotatable bonds is 7. The van der Waals surface area contributed by atoms with Crippen molar-refractivity contribution in [2.75, 3.05) is 19.5 Å². The van der Waals surface area contributed by atoms with Gasteiger partial charge in [0.1, 0.15) is 17.7 Å². The molecular formula is C14H25ClN4O5. The summed E-state index contributed by atoms with van der Waals surface area (Å²) in [5, 5.41) is 1.47. The molecule has 1 heterocycles. The fourth-order valence-electron chi connectivity index (χ4n) is 1.95. The fraction of sp³-hybridized carbons (Fsp3) is 0.786. The number of hydrogen-bond acceptors (Lipinski definition) is 7. The van der Waals surface area contributed by atoms with Crippen LogP contribution in [0.5, 0.6) is 0 Å². The van der Waals surface area contributed by atoms with Gasteiger partial charge in [0, 0.05) is 12.4 Å². The third-order valence-corrected chi connectivity index (χ3v) is 3.43. The van der Waals surface area contributed by atoms with E-state index in [1.54, 1.807) is 20.8 Å². The van der Waals surface area contributed by atoms with Crippen molar-refractivity contribution in [3.63, 3.8) is 0 Å². The first-order valence-electron chi connectivity index (χ1n) is 7.63. The van der Waals surface area contributed by atoms with Crippen molar-refractivity contribution in [1.82, 2.24) is 21.3 Å². The summed E-state index contributed by atoms with van der Waals surface area (Å²) in [7, 11) is 1.26. The second-order valence-electron chi connectivity index (χ2n) is 6.30. The van der Waals surface area contributed by atoms with Crippen LogP contribution < -0.4 is 16.3 Å². The van der Waals surface area contributed by atoms with E-state index in [0.29, 0.717) is 19.4 Å². The third kappa shape index (κ3) is 6.50. The summed E-state index contributed by atoms with van der Waals surface area (Å²) in [6, 6.07) is -1.27. The van der Waals surface area contributed by atoms with Crippen molar-refractivity contribution in [3.05, 3.63) is 0 Å². The Bertz CT molecular complexity index is 469. The maximum absolute atomic E-state index is 12.1. The van der Waals surface area contributed by atoms with Gasteiger partial charge in [-0.15, -0.1) is 11.6 Å². The summed E-state index contributed by atoms with van der Waals surface area (Å²) in [5.41, 5.74) is 6.96. The summed E-state index contributed by atoms with van der Waals surface area (Å²) >= 11 is 5.62. The molecule has 0 spiro atoms. The molecule has 0 aromatic rings. The predicted octanol–water partition coefficient (Wildman–Crippen LogP) is 0.292. The lowest BCUT2D eigenvalue weighted by molar-refractivity contribution is -0.144. The van der Waals surface area contributed by atoms with Gasteiger partial charge in [-0.05, 0) is 33.6 Å². The van der Waals surface area contributed by atoms with E-state index in [4.69, 9.17) is 16.3 Å². The maximum atomic E-state index is 12.1. The van der Waals surface area contributed by atoms with Gasteiger partial charge in [-0.2, -0.15) is 0 Å². The first-order valence-corrected chi connectivity index (χ1v) is 8.17. The van der Waals surface area contributed by atoms with E-state index < -0.39 is 29.7 Å². The Balaban J connectivity index is 2.44. The fourth-order valence-corrected chi connectivity index (χ4v) is 2.17. The van der Waals surface area contributed by atoms with Crippen LogP contribution in [-0.2, 0) is 19.1 Å². The molecule has 10 heteroatoms. The van der Waals surface area contributed by atoms with Crippen molar-refractivity contribution in [2.45, 2.75) is 51.3 Å². The standard InChI is InChI=1S/C14H25ClN4O5/c1-14(2,3)24-13(22)18-19-8-6-10(19)11(20)17-16-9(5-7-15)12(21)23-4/h9-10,16H,5-8H2,1-4H3,(H,17,20)(H,18,22)/t9-,10-/m1/s1. The Morgan fingerprint density at radius 2 is 2.00 bits per heavy atom. The van der Waals surface area contributed by atoms with E-state index in [2.05, 4.69) is 21.0 Å². The minimum absolute atomic E-state index is 0.235. The van der Waals surface area contributed by atoms with Crippen molar-refractivity contribution >= 4 is 29.6 Å². The number of hydrazine groups is 2. The highest BCUT2D eigenvalue weighted by Gasteiger charge is 2.36. The normalized spacial score (nSPS) is 19.0. The zero-order valence-electron chi connectivity index (χ0n) is 14.3. The van der Waals surface area contributed by atoms with Crippen molar-refractivity contribution in [3.8, 4) is 0 Å². The molecule has 0 aliphatic carbocycles. The highest BCUT2D eigenvalue weighted by molar-refractivity contribution is 6.18. The molecule has 0 aromatic carbocycles. The molecule has 3 N–H and O–H groups in total. The number of nitrogens with zero attached hydrogens (tertiary/aromatic N) is 1. The molecule has 1 saturated heterocycles.